The van der Waals surface area contributed by atoms with Crippen LogP contribution in [0.1, 0.15) is 11.1 Å². The molecular formula is C16H18N2O. The van der Waals surface area contributed by atoms with Crippen LogP contribution >= 0.6 is 0 Å². The fraction of sp³-hybridized carbons (Fsp3) is 0.188. The Kier molecular flexibility index (Phi) is 3.85. The van der Waals surface area contributed by atoms with Gasteiger partial charge in [-0.1, -0.05) is 17.7 Å². The molecule has 0 saturated heterocycles. The van der Waals surface area contributed by atoms with E-state index in [9.17, 15) is 5.21 Å². The largest absolute Gasteiger partial charge is 0.618 e. The van der Waals surface area contributed by atoms with E-state index in [1.807, 2.05) is 74.4 Å². The Hall–Kier alpha value is -2.29. The highest BCUT2D eigenvalue weighted by Crippen LogP contribution is 2.17. The van der Waals surface area contributed by atoms with Crippen LogP contribution in [0.5, 0.6) is 0 Å². The average molecular weight is 254 g/mol. The Balaban J connectivity index is 2.23. The number of aryl methyl sites for hydroxylation is 1. The number of rotatable bonds is 3. The number of nitrogens with zero attached hydrogens (tertiary/aromatic N) is 2. The highest BCUT2D eigenvalue weighted by Gasteiger charge is 2.03. The van der Waals surface area contributed by atoms with Crippen LogP contribution < -0.4 is 4.90 Å². The first-order valence-electron chi connectivity index (χ1n) is 6.21. The first kappa shape index (κ1) is 13.1. The molecule has 0 aromatic heterocycles. The van der Waals surface area contributed by atoms with Crippen molar-refractivity contribution in [3.05, 3.63) is 64.9 Å². The van der Waals surface area contributed by atoms with Gasteiger partial charge in [0.05, 0.1) is 0 Å². The van der Waals surface area contributed by atoms with Crippen LogP contribution in [0.2, 0.25) is 0 Å². The second-order valence-corrected chi connectivity index (χ2v) is 4.78. The van der Waals surface area contributed by atoms with Gasteiger partial charge in [0.2, 0.25) is 5.69 Å². The molecule has 0 spiro atoms. The van der Waals surface area contributed by atoms with Crippen LogP contribution in [0.15, 0.2) is 48.5 Å². The molecule has 3 nitrogen and oxygen atoms in total. The van der Waals surface area contributed by atoms with E-state index in [0.717, 1.165) is 16.0 Å². The summed E-state index contributed by atoms with van der Waals surface area (Å²) in [7, 11) is 3.95. The maximum atomic E-state index is 12.0. The maximum absolute atomic E-state index is 12.0. The zero-order chi connectivity index (χ0) is 13.8. The van der Waals surface area contributed by atoms with Crippen molar-refractivity contribution in [3.63, 3.8) is 0 Å². The smallest absolute Gasteiger partial charge is 0.216 e. The molecule has 0 radical (unpaired) electrons. The normalized spacial score (nSPS) is 11.4. The van der Waals surface area contributed by atoms with Crippen LogP contribution in [0.25, 0.3) is 0 Å². The molecule has 2 rings (SSSR count). The van der Waals surface area contributed by atoms with Gasteiger partial charge in [-0.3, -0.25) is 0 Å². The van der Waals surface area contributed by atoms with Crippen molar-refractivity contribution in [2.24, 2.45) is 0 Å². The van der Waals surface area contributed by atoms with Crippen molar-refractivity contribution in [1.82, 2.24) is 0 Å². The molecule has 19 heavy (non-hydrogen) atoms. The van der Waals surface area contributed by atoms with E-state index in [1.54, 1.807) is 6.21 Å². The van der Waals surface area contributed by atoms with Gasteiger partial charge in [-0.05, 0) is 31.2 Å². The molecule has 0 aliphatic carbocycles. The number of anilines is 1. The molecule has 0 saturated carbocycles. The van der Waals surface area contributed by atoms with Gasteiger partial charge in [0, 0.05) is 37.5 Å². The monoisotopic (exact) mass is 254 g/mol. The lowest BCUT2D eigenvalue weighted by Gasteiger charge is -2.12. The van der Waals surface area contributed by atoms with Crippen LogP contribution in [-0.2, 0) is 0 Å². The van der Waals surface area contributed by atoms with Crippen molar-refractivity contribution >= 4 is 17.6 Å². The van der Waals surface area contributed by atoms with E-state index in [0.29, 0.717) is 5.69 Å². The van der Waals surface area contributed by atoms with Gasteiger partial charge >= 0.3 is 0 Å². The molecule has 0 bridgehead atoms. The average Bonchev–Trinajstić information content (AvgIpc) is 2.41. The van der Waals surface area contributed by atoms with Gasteiger partial charge in [-0.25, -0.2) is 0 Å². The Morgan fingerprint density at radius 3 is 2.05 bits per heavy atom. The Morgan fingerprint density at radius 1 is 0.947 bits per heavy atom. The van der Waals surface area contributed by atoms with E-state index < -0.39 is 0 Å². The van der Waals surface area contributed by atoms with E-state index in [-0.39, 0.29) is 0 Å². The van der Waals surface area contributed by atoms with Crippen LogP contribution in [-0.4, -0.2) is 25.0 Å². The quantitative estimate of drug-likeness (QED) is 0.364. The lowest BCUT2D eigenvalue weighted by molar-refractivity contribution is -0.354. The Morgan fingerprint density at radius 2 is 1.53 bits per heavy atom. The number of hydrogen-bond acceptors (Lipinski definition) is 2. The second kappa shape index (κ2) is 5.57. The summed E-state index contributed by atoms with van der Waals surface area (Å²) >= 11 is 0. The lowest BCUT2D eigenvalue weighted by atomic mass is 10.2. The predicted octanol–water partition coefficient (Wildman–Crippen LogP) is 3.32. The molecule has 2 aromatic rings. The molecule has 0 amide bonds. The molecule has 0 unspecified atom stereocenters. The van der Waals surface area contributed by atoms with Gasteiger partial charge in [-0.2, -0.15) is 4.74 Å². The van der Waals surface area contributed by atoms with E-state index >= 15 is 0 Å². The fourth-order valence-electron chi connectivity index (χ4n) is 1.76. The minimum atomic E-state index is 0.631. The summed E-state index contributed by atoms with van der Waals surface area (Å²) < 4.78 is 0.893. The third-order valence-electron chi connectivity index (χ3n) is 2.96. The van der Waals surface area contributed by atoms with Crippen LogP contribution in [0, 0.1) is 12.1 Å². The summed E-state index contributed by atoms with van der Waals surface area (Å²) in [5, 5.41) is 12.0. The molecule has 0 aliphatic heterocycles. The van der Waals surface area contributed by atoms with Gasteiger partial charge in [-0.15, -0.1) is 0 Å². The Labute approximate surface area is 114 Å². The summed E-state index contributed by atoms with van der Waals surface area (Å²) in [6.45, 7) is 2.03. The van der Waals surface area contributed by atoms with Gasteiger partial charge < -0.3 is 10.1 Å². The third-order valence-corrected chi connectivity index (χ3v) is 2.96. The zero-order valence-electron chi connectivity index (χ0n) is 11.5. The number of hydrogen-bond donors (Lipinski definition) is 0. The zero-order valence-corrected chi connectivity index (χ0v) is 11.5. The molecule has 0 fully saturated rings. The standard InChI is InChI=1S/C16H18N2O/c1-13-4-6-14(7-5-13)12-18(19)16-10-8-15(9-11-16)17(2)3/h4-12H,1-3H3. The molecular weight excluding hydrogens is 236 g/mol. The Bertz CT molecular complexity index is 569. The topological polar surface area (TPSA) is 29.3 Å². The minimum Gasteiger partial charge on any atom is -0.618 e. The van der Waals surface area contributed by atoms with Gasteiger partial charge in [0.25, 0.3) is 0 Å². The summed E-state index contributed by atoms with van der Waals surface area (Å²) in [4.78, 5) is 2.00. The van der Waals surface area contributed by atoms with Gasteiger partial charge in [0.15, 0.2) is 6.21 Å². The lowest BCUT2D eigenvalue weighted by Crippen LogP contribution is -2.08. The summed E-state index contributed by atoms with van der Waals surface area (Å²) in [5.74, 6) is 0. The van der Waals surface area contributed by atoms with E-state index in [2.05, 4.69) is 0 Å². The third kappa shape index (κ3) is 3.35. The van der Waals surface area contributed by atoms with E-state index in [1.165, 1.54) is 5.56 Å². The predicted molar refractivity (Wildman–Crippen MR) is 80.4 cm³/mol. The van der Waals surface area contributed by atoms with Crippen molar-refractivity contribution in [2.45, 2.75) is 6.92 Å². The maximum Gasteiger partial charge on any atom is 0.216 e. The van der Waals surface area contributed by atoms with Crippen LogP contribution in [0.4, 0.5) is 11.4 Å². The van der Waals surface area contributed by atoms with Crippen molar-refractivity contribution in [1.29, 1.82) is 0 Å². The van der Waals surface area contributed by atoms with Crippen molar-refractivity contribution in [2.75, 3.05) is 19.0 Å². The van der Waals surface area contributed by atoms with Crippen molar-refractivity contribution in [3.8, 4) is 0 Å². The SMILES string of the molecule is Cc1ccc(C=[N+]([O-])c2ccc(N(C)C)cc2)cc1. The number of benzene rings is 2. The van der Waals surface area contributed by atoms with Crippen LogP contribution in [0.3, 0.4) is 0 Å². The molecule has 3 heteroatoms. The summed E-state index contributed by atoms with van der Waals surface area (Å²) in [6, 6.07) is 15.4. The fourth-order valence-corrected chi connectivity index (χ4v) is 1.76. The molecule has 0 aliphatic rings. The molecule has 0 heterocycles. The molecule has 0 atom stereocenters. The second-order valence-electron chi connectivity index (χ2n) is 4.78. The van der Waals surface area contributed by atoms with Crippen molar-refractivity contribution < 1.29 is 4.74 Å². The molecule has 0 N–H and O–H groups in total. The summed E-state index contributed by atoms with van der Waals surface area (Å²) in [6.07, 6.45) is 1.59. The first-order chi connectivity index (χ1) is 9.06. The highest BCUT2D eigenvalue weighted by atomic mass is 16.5. The first-order valence-corrected chi connectivity index (χ1v) is 6.21. The summed E-state index contributed by atoms with van der Waals surface area (Å²) in [5.41, 5.74) is 3.79. The molecule has 98 valence electrons. The minimum absolute atomic E-state index is 0.631. The van der Waals surface area contributed by atoms with Gasteiger partial charge in [0.1, 0.15) is 0 Å². The molecule has 2 aromatic carbocycles. The van der Waals surface area contributed by atoms with E-state index in [4.69, 9.17) is 0 Å². The highest BCUT2D eigenvalue weighted by molar-refractivity contribution is 5.76.